The molecule has 5 rings (SSSR count). The first-order valence-electron chi connectivity index (χ1n) is 13.6. The summed E-state index contributed by atoms with van der Waals surface area (Å²) in [5, 5.41) is 4.54. The third kappa shape index (κ3) is 7.13. The van der Waals surface area contributed by atoms with Gasteiger partial charge in [0.15, 0.2) is 0 Å². The minimum Gasteiger partial charge on any atom is -0.326 e. The summed E-state index contributed by atoms with van der Waals surface area (Å²) in [4.78, 5) is 13.1. The van der Waals surface area contributed by atoms with Crippen LogP contribution in [0.4, 0.5) is 11.4 Å². The molecule has 2 N–H and O–H groups in total. The van der Waals surface area contributed by atoms with Crippen LogP contribution in [0.2, 0.25) is 0 Å². The zero-order valence-corrected chi connectivity index (χ0v) is 24.2. The van der Waals surface area contributed by atoms with Crippen molar-refractivity contribution in [3.8, 4) is 0 Å². The predicted molar refractivity (Wildman–Crippen MR) is 163 cm³/mol. The summed E-state index contributed by atoms with van der Waals surface area (Å²) in [6.07, 6.45) is 2.39. The largest absolute Gasteiger partial charge is 0.326 e. The van der Waals surface area contributed by atoms with Crippen molar-refractivity contribution >= 4 is 48.1 Å². The second-order valence-corrected chi connectivity index (χ2v) is 14.0. The van der Waals surface area contributed by atoms with Crippen LogP contribution in [-0.2, 0) is 31.3 Å². The van der Waals surface area contributed by atoms with Gasteiger partial charge in [-0.05, 0) is 67.0 Å². The number of sulfonamides is 2. The van der Waals surface area contributed by atoms with Crippen molar-refractivity contribution in [1.82, 2.24) is 4.31 Å². The molecule has 0 unspecified atom stereocenters. The first kappa shape index (κ1) is 28.8. The Morgan fingerprint density at radius 1 is 0.829 bits per heavy atom. The molecule has 0 bridgehead atoms. The minimum absolute atomic E-state index is 0.0407. The Bertz CT molecular complexity index is 1720. The van der Waals surface area contributed by atoms with Gasteiger partial charge in [0.25, 0.3) is 10.0 Å². The van der Waals surface area contributed by atoms with Gasteiger partial charge in [-0.3, -0.25) is 9.52 Å². The molecule has 4 aromatic rings. The first-order valence-corrected chi connectivity index (χ1v) is 16.7. The molecule has 8 nitrogen and oxygen atoms in total. The van der Waals surface area contributed by atoms with Gasteiger partial charge in [0.2, 0.25) is 15.9 Å². The summed E-state index contributed by atoms with van der Waals surface area (Å²) in [5.74, 6) is -0.721. The standard InChI is InChI=1S/C31H33N3O5S2/c35-31(26-14-7-21-34(23-26)40(36,37)22-8-11-24-9-2-1-3-10-24)32-27-17-19-28(20-18-27)41(38,39)33-30-16-6-13-25-12-4-5-15-29(25)30/h1-6,9-10,12-13,15-20,26,33H,7-8,11,14,21-23H2,(H,32,35)/t26-/m1/s1. The minimum atomic E-state index is -3.86. The Balaban J connectivity index is 1.18. The number of anilines is 2. The van der Waals surface area contributed by atoms with Gasteiger partial charge >= 0.3 is 0 Å². The monoisotopic (exact) mass is 591 g/mol. The topological polar surface area (TPSA) is 113 Å². The first-order chi connectivity index (χ1) is 19.7. The van der Waals surface area contributed by atoms with Crippen molar-refractivity contribution in [2.24, 2.45) is 5.92 Å². The van der Waals surface area contributed by atoms with Crippen LogP contribution in [0.5, 0.6) is 0 Å². The molecule has 41 heavy (non-hydrogen) atoms. The molecule has 1 saturated heterocycles. The number of rotatable bonds is 10. The number of fused-ring (bicyclic) bond motifs is 1. The summed E-state index contributed by atoms with van der Waals surface area (Å²) in [6.45, 7) is 0.550. The number of carbonyl (C=O) groups excluding carboxylic acids is 1. The molecule has 1 atom stereocenters. The molecule has 0 saturated carbocycles. The van der Waals surface area contributed by atoms with Crippen molar-refractivity contribution < 1.29 is 21.6 Å². The van der Waals surface area contributed by atoms with E-state index in [1.807, 2.05) is 60.7 Å². The van der Waals surface area contributed by atoms with Gasteiger partial charge in [0.1, 0.15) is 0 Å². The summed E-state index contributed by atoms with van der Waals surface area (Å²) in [6, 6.07) is 28.7. The van der Waals surface area contributed by atoms with E-state index < -0.39 is 26.0 Å². The lowest BCUT2D eigenvalue weighted by molar-refractivity contribution is -0.120. The lowest BCUT2D eigenvalue weighted by atomic mass is 9.99. The Hall–Kier alpha value is -3.73. The molecule has 1 heterocycles. The number of benzene rings is 4. The molecule has 0 radical (unpaired) electrons. The SMILES string of the molecule is O=C(Nc1ccc(S(=O)(=O)Nc2cccc3ccccc23)cc1)[C@@H]1CCCN(S(=O)(=O)CCCc2ccccc2)C1. The average Bonchev–Trinajstić information content (AvgIpc) is 2.98. The Kier molecular flexibility index (Phi) is 8.72. The Labute approximate surface area is 241 Å². The zero-order chi connectivity index (χ0) is 28.9. The third-order valence-electron chi connectivity index (χ3n) is 7.32. The van der Waals surface area contributed by atoms with E-state index in [2.05, 4.69) is 10.0 Å². The fourth-order valence-electron chi connectivity index (χ4n) is 5.12. The molecule has 0 aromatic heterocycles. The molecular weight excluding hydrogens is 558 g/mol. The van der Waals surface area contributed by atoms with Gasteiger partial charge in [-0.2, -0.15) is 0 Å². The van der Waals surface area contributed by atoms with Gasteiger partial charge in [-0.1, -0.05) is 66.7 Å². The fraction of sp³-hybridized carbons (Fsp3) is 0.258. The van der Waals surface area contributed by atoms with E-state index in [-0.39, 0.29) is 23.1 Å². The highest BCUT2D eigenvalue weighted by Crippen LogP contribution is 2.27. The highest BCUT2D eigenvalue weighted by molar-refractivity contribution is 7.92. The number of aryl methyl sites for hydroxylation is 1. The average molecular weight is 592 g/mol. The number of piperidine rings is 1. The van der Waals surface area contributed by atoms with E-state index in [1.54, 1.807) is 12.1 Å². The maximum atomic E-state index is 13.1. The number of amides is 1. The summed E-state index contributed by atoms with van der Waals surface area (Å²) in [7, 11) is -7.33. The van der Waals surface area contributed by atoms with Crippen molar-refractivity contribution in [3.05, 3.63) is 103 Å². The number of hydrogen-bond acceptors (Lipinski definition) is 5. The van der Waals surface area contributed by atoms with Crippen molar-refractivity contribution in [2.45, 2.75) is 30.6 Å². The van der Waals surface area contributed by atoms with Gasteiger partial charge in [0.05, 0.1) is 22.3 Å². The van der Waals surface area contributed by atoms with Crippen LogP contribution in [0.3, 0.4) is 0 Å². The van der Waals surface area contributed by atoms with Crippen LogP contribution >= 0.6 is 0 Å². The van der Waals surface area contributed by atoms with Crippen LogP contribution in [-0.4, -0.2) is 45.9 Å². The number of carbonyl (C=O) groups is 1. The molecule has 1 aliphatic heterocycles. The van der Waals surface area contributed by atoms with E-state index in [4.69, 9.17) is 0 Å². The summed E-state index contributed by atoms with van der Waals surface area (Å²) < 4.78 is 56.1. The van der Waals surface area contributed by atoms with Crippen LogP contribution in [0.15, 0.2) is 102 Å². The normalized spacial score (nSPS) is 16.3. The van der Waals surface area contributed by atoms with Crippen LogP contribution in [0.1, 0.15) is 24.8 Å². The molecular formula is C31H33N3O5S2. The summed E-state index contributed by atoms with van der Waals surface area (Å²) >= 11 is 0. The number of nitrogens with one attached hydrogen (secondary N) is 2. The quantitative estimate of drug-likeness (QED) is 0.262. The number of nitrogens with zero attached hydrogens (tertiary/aromatic N) is 1. The predicted octanol–water partition coefficient (Wildman–Crippen LogP) is 5.25. The van der Waals surface area contributed by atoms with Crippen LogP contribution in [0.25, 0.3) is 10.8 Å². The maximum absolute atomic E-state index is 13.1. The van der Waals surface area contributed by atoms with E-state index in [0.717, 1.165) is 16.3 Å². The lowest BCUT2D eigenvalue weighted by Gasteiger charge is -2.31. The second-order valence-electron chi connectivity index (χ2n) is 10.2. The van der Waals surface area contributed by atoms with E-state index in [1.165, 1.54) is 28.6 Å². The van der Waals surface area contributed by atoms with Gasteiger partial charge in [0, 0.05) is 24.2 Å². The van der Waals surface area contributed by atoms with Gasteiger partial charge < -0.3 is 5.32 Å². The van der Waals surface area contributed by atoms with E-state index >= 15 is 0 Å². The second kappa shape index (κ2) is 12.4. The molecule has 10 heteroatoms. The fourth-order valence-corrected chi connectivity index (χ4v) is 7.78. The molecule has 1 amide bonds. The van der Waals surface area contributed by atoms with Crippen LogP contribution < -0.4 is 10.0 Å². The molecule has 0 spiro atoms. The van der Waals surface area contributed by atoms with Gasteiger partial charge in [-0.25, -0.2) is 21.1 Å². The zero-order valence-electron chi connectivity index (χ0n) is 22.6. The maximum Gasteiger partial charge on any atom is 0.261 e. The lowest BCUT2D eigenvalue weighted by Crippen LogP contribution is -2.44. The van der Waals surface area contributed by atoms with E-state index in [9.17, 15) is 21.6 Å². The smallest absolute Gasteiger partial charge is 0.261 e. The van der Waals surface area contributed by atoms with Gasteiger partial charge in [-0.15, -0.1) is 0 Å². The Morgan fingerprint density at radius 2 is 1.54 bits per heavy atom. The Morgan fingerprint density at radius 3 is 2.32 bits per heavy atom. The third-order valence-corrected chi connectivity index (χ3v) is 10.6. The van der Waals surface area contributed by atoms with Crippen molar-refractivity contribution in [1.29, 1.82) is 0 Å². The van der Waals surface area contributed by atoms with Crippen LogP contribution in [0, 0.1) is 5.92 Å². The number of hydrogen-bond donors (Lipinski definition) is 2. The van der Waals surface area contributed by atoms with Crippen molar-refractivity contribution in [2.75, 3.05) is 28.9 Å². The molecule has 4 aromatic carbocycles. The van der Waals surface area contributed by atoms with E-state index in [0.29, 0.717) is 43.6 Å². The molecule has 214 valence electrons. The molecule has 1 fully saturated rings. The highest BCUT2D eigenvalue weighted by Gasteiger charge is 2.32. The molecule has 0 aliphatic carbocycles. The summed E-state index contributed by atoms with van der Waals surface area (Å²) in [5.41, 5.74) is 2.03. The molecule has 1 aliphatic rings. The van der Waals surface area contributed by atoms with Crippen molar-refractivity contribution in [3.63, 3.8) is 0 Å². The highest BCUT2D eigenvalue weighted by atomic mass is 32.2.